The van der Waals surface area contributed by atoms with Gasteiger partial charge in [-0.05, 0) is 35.7 Å². The number of anilines is 1. The second kappa shape index (κ2) is 9.86. The van der Waals surface area contributed by atoms with E-state index in [2.05, 4.69) is 10.3 Å². The maximum atomic E-state index is 13.1. The molecule has 1 aliphatic rings. The summed E-state index contributed by atoms with van der Waals surface area (Å²) in [5, 5.41) is 14.7. The number of carbonyl (C=O) groups excluding carboxylic acids is 1. The van der Waals surface area contributed by atoms with Crippen LogP contribution in [0.4, 0.5) is 5.69 Å². The van der Waals surface area contributed by atoms with Gasteiger partial charge >= 0.3 is 0 Å². The van der Waals surface area contributed by atoms with Crippen molar-refractivity contribution in [2.45, 2.75) is 18.2 Å². The van der Waals surface area contributed by atoms with Gasteiger partial charge in [-0.15, -0.1) is 0 Å². The van der Waals surface area contributed by atoms with E-state index >= 15 is 0 Å². The van der Waals surface area contributed by atoms with Crippen molar-refractivity contribution < 1.29 is 9.90 Å². The first-order chi connectivity index (χ1) is 15.1. The highest BCUT2D eigenvalue weighted by Crippen LogP contribution is 2.37. The summed E-state index contributed by atoms with van der Waals surface area (Å²) in [6.07, 6.45) is 0.503. The zero-order valence-electron chi connectivity index (χ0n) is 16.7. The number of aliphatic hydroxyl groups is 1. The van der Waals surface area contributed by atoms with Gasteiger partial charge in [0.1, 0.15) is 16.4 Å². The SMILES string of the molecule is O=C(Nc1ccccc1)C1=C(O)C(Cc2ccccc2Cl)SC1=NCc1ccccc1. The Kier molecular flexibility index (Phi) is 6.75. The van der Waals surface area contributed by atoms with Crippen molar-refractivity contribution in [2.75, 3.05) is 5.32 Å². The zero-order valence-corrected chi connectivity index (χ0v) is 18.2. The van der Waals surface area contributed by atoms with Gasteiger partial charge in [0, 0.05) is 10.7 Å². The summed E-state index contributed by atoms with van der Waals surface area (Å²) in [7, 11) is 0. The van der Waals surface area contributed by atoms with Crippen LogP contribution in [0.15, 0.2) is 101 Å². The highest BCUT2D eigenvalue weighted by atomic mass is 35.5. The highest BCUT2D eigenvalue weighted by molar-refractivity contribution is 8.15. The van der Waals surface area contributed by atoms with Gasteiger partial charge < -0.3 is 10.4 Å². The molecule has 0 aromatic heterocycles. The molecule has 3 aromatic carbocycles. The lowest BCUT2D eigenvalue weighted by atomic mass is 10.1. The van der Waals surface area contributed by atoms with Crippen LogP contribution in [0.5, 0.6) is 0 Å². The first kappa shape index (κ1) is 21.2. The molecule has 1 atom stereocenters. The quantitative estimate of drug-likeness (QED) is 0.482. The number of aliphatic imine (C=N–C) groups is 1. The van der Waals surface area contributed by atoms with Crippen LogP contribution in [0.2, 0.25) is 5.02 Å². The Morgan fingerprint density at radius 1 is 0.968 bits per heavy atom. The molecule has 0 radical (unpaired) electrons. The molecule has 1 heterocycles. The van der Waals surface area contributed by atoms with Crippen LogP contribution in [-0.2, 0) is 17.8 Å². The molecule has 0 fully saturated rings. The molecule has 0 spiro atoms. The van der Waals surface area contributed by atoms with Gasteiger partial charge in [-0.25, -0.2) is 0 Å². The fourth-order valence-electron chi connectivity index (χ4n) is 3.31. The van der Waals surface area contributed by atoms with E-state index < -0.39 is 0 Å². The number of nitrogens with zero attached hydrogens (tertiary/aromatic N) is 1. The van der Waals surface area contributed by atoms with E-state index in [1.165, 1.54) is 11.8 Å². The molecule has 1 amide bonds. The van der Waals surface area contributed by atoms with Crippen LogP contribution in [0.25, 0.3) is 0 Å². The maximum absolute atomic E-state index is 13.1. The summed E-state index contributed by atoms with van der Waals surface area (Å²) in [5.74, 6) is -0.338. The molecule has 1 unspecified atom stereocenters. The minimum atomic E-state index is -0.371. The number of hydrogen-bond acceptors (Lipinski definition) is 4. The van der Waals surface area contributed by atoms with Gasteiger partial charge in [-0.3, -0.25) is 9.79 Å². The van der Waals surface area contributed by atoms with Crippen molar-refractivity contribution in [3.05, 3.63) is 112 Å². The number of rotatable bonds is 6. The predicted molar refractivity (Wildman–Crippen MR) is 129 cm³/mol. The van der Waals surface area contributed by atoms with Gasteiger partial charge in [-0.2, -0.15) is 0 Å². The Hall–Kier alpha value is -3.02. The summed E-state index contributed by atoms with van der Waals surface area (Å²) in [6.45, 7) is 0.428. The molecule has 1 aliphatic heterocycles. The molecule has 0 bridgehead atoms. The van der Waals surface area contributed by atoms with Crippen molar-refractivity contribution in [3.63, 3.8) is 0 Å². The summed E-state index contributed by atoms with van der Waals surface area (Å²) < 4.78 is 0. The van der Waals surface area contributed by atoms with Crippen LogP contribution < -0.4 is 5.32 Å². The summed E-state index contributed by atoms with van der Waals surface area (Å²) in [4.78, 5) is 17.7. The molecule has 2 N–H and O–H groups in total. The Bertz CT molecular complexity index is 1130. The Morgan fingerprint density at radius 2 is 1.61 bits per heavy atom. The van der Waals surface area contributed by atoms with Crippen LogP contribution in [0.1, 0.15) is 11.1 Å². The van der Waals surface area contributed by atoms with Gasteiger partial charge in [-0.1, -0.05) is 90.1 Å². The van der Waals surface area contributed by atoms with Crippen LogP contribution >= 0.6 is 23.4 Å². The minimum absolute atomic E-state index is 0.0326. The smallest absolute Gasteiger partial charge is 0.261 e. The lowest BCUT2D eigenvalue weighted by Gasteiger charge is -2.10. The molecular formula is C25H21ClN2O2S. The largest absolute Gasteiger partial charge is 0.510 e. The van der Waals surface area contributed by atoms with Gasteiger partial charge in [0.25, 0.3) is 5.91 Å². The van der Waals surface area contributed by atoms with Crippen LogP contribution in [0.3, 0.4) is 0 Å². The van der Waals surface area contributed by atoms with E-state index in [9.17, 15) is 9.90 Å². The molecular weight excluding hydrogens is 428 g/mol. The molecule has 4 nitrogen and oxygen atoms in total. The lowest BCUT2D eigenvalue weighted by Crippen LogP contribution is -2.19. The second-order valence-electron chi connectivity index (χ2n) is 7.09. The number of hydrogen-bond donors (Lipinski definition) is 2. The third-order valence-electron chi connectivity index (χ3n) is 4.90. The monoisotopic (exact) mass is 448 g/mol. The van der Waals surface area contributed by atoms with E-state index in [4.69, 9.17) is 11.6 Å². The summed E-state index contributed by atoms with van der Waals surface area (Å²) >= 11 is 7.71. The van der Waals surface area contributed by atoms with Gasteiger partial charge in [0.2, 0.25) is 0 Å². The van der Waals surface area contributed by atoms with Crippen LogP contribution in [0, 0.1) is 0 Å². The van der Waals surface area contributed by atoms with Crippen LogP contribution in [-0.4, -0.2) is 21.3 Å². The normalized spacial score (nSPS) is 17.2. The molecule has 31 heavy (non-hydrogen) atoms. The molecule has 3 aromatic rings. The number of thioether (sulfide) groups is 1. The Balaban J connectivity index is 1.62. The average molecular weight is 449 g/mol. The fraction of sp³-hybridized carbons (Fsp3) is 0.120. The third-order valence-corrected chi connectivity index (χ3v) is 6.50. The number of amides is 1. The van der Waals surface area contributed by atoms with Crippen molar-refractivity contribution in [1.82, 2.24) is 0 Å². The Morgan fingerprint density at radius 3 is 2.32 bits per heavy atom. The first-order valence-corrected chi connectivity index (χ1v) is 11.2. The molecule has 4 rings (SSSR count). The minimum Gasteiger partial charge on any atom is -0.510 e. The molecule has 0 saturated heterocycles. The number of carbonyl (C=O) groups is 1. The number of halogens is 1. The predicted octanol–water partition coefficient (Wildman–Crippen LogP) is 6.05. The topological polar surface area (TPSA) is 61.7 Å². The fourth-order valence-corrected chi connectivity index (χ4v) is 4.74. The van der Waals surface area contributed by atoms with E-state index in [1.807, 2.05) is 72.8 Å². The molecule has 6 heteroatoms. The highest BCUT2D eigenvalue weighted by Gasteiger charge is 2.36. The molecule has 0 saturated carbocycles. The van der Waals surface area contributed by atoms with Crippen molar-refractivity contribution in [1.29, 1.82) is 0 Å². The van der Waals surface area contributed by atoms with Gasteiger partial charge in [0.15, 0.2) is 0 Å². The van der Waals surface area contributed by atoms with E-state index in [-0.39, 0.29) is 22.5 Å². The van der Waals surface area contributed by atoms with Crippen molar-refractivity contribution >= 4 is 40.0 Å². The summed E-state index contributed by atoms with van der Waals surface area (Å²) in [5.41, 5.74) is 2.84. The molecule has 0 aliphatic carbocycles. The summed E-state index contributed by atoms with van der Waals surface area (Å²) in [6, 6.07) is 26.5. The number of aliphatic hydroxyl groups excluding tert-OH is 1. The van der Waals surface area contributed by atoms with E-state index in [0.717, 1.165) is 11.1 Å². The maximum Gasteiger partial charge on any atom is 0.261 e. The number of para-hydroxylation sites is 1. The third kappa shape index (κ3) is 5.19. The first-order valence-electron chi connectivity index (χ1n) is 9.90. The van der Waals surface area contributed by atoms with E-state index in [1.54, 1.807) is 12.1 Å². The molecule has 156 valence electrons. The van der Waals surface area contributed by atoms with Crippen molar-refractivity contribution in [2.24, 2.45) is 4.99 Å². The average Bonchev–Trinajstić information content (AvgIpc) is 3.10. The number of benzene rings is 3. The Labute approximate surface area is 190 Å². The van der Waals surface area contributed by atoms with E-state index in [0.29, 0.717) is 28.7 Å². The number of nitrogens with one attached hydrogen (secondary N) is 1. The lowest BCUT2D eigenvalue weighted by molar-refractivity contribution is -0.112. The second-order valence-corrected chi connectivity index (χ2v) is 8.69. The van der Waals surface area contributed by atoms with Crippen molar-refractivity contribution in [3.8, 4) is 0 Å². The standard InChI is InChI=1S/C25H21ClN2O2S/c26-20-14-8-7-11-18(20)15-21-23(29)22(24(30)28-19-12-5-2-6-13-19)25(31-21)27-16-17-9-3-1-4-10-17/h1-14,21,29H,15-16H2,(H,28,30). The zero-order chi connectivity index (χ0) is 21.6. The van der Waals surface area contributed by atoms with Gasteiger partial charge in [0.05, 0.1) is 11.8 Å².